The summed E-state index contributed by atoms with van der Waals surface area (Å²) in [5.41, 5.74) is 0.720. The van der Waals surface area contributed by atoms with Crippen molar-refractivity contribution in [3.05, 3.63) is 24.3 Å². The first-order valence-corrected chi connectivity index (χ1v) is 10.4. The van der Waals surface area contributed by atoms with Gasteiger partial charge in [-0.3, -0.25) is 9.59 Å². The maximum Gasteiger partial charge on any atom is 0.227 e. The van der Waals surface area contributed by atoms with Gasteiger partial charge < -0.3 is 15.4 Å². The van der Waals surface area contributed by atoms with Gasteiger partial charge in [0.1, 0.15) is 5.75 Å². The van der Waals surface area contributed by atoms with E-state index in [2.05, 4.69) is 10.6 Å². The number of hydrogen-bond acceptors (Lipinski definition) is 3. The number of carbonyl (C=O) groups is 2. The van der Waals surface area contributed by atoms with Gasteiger partial charge in [-0.2, -0.15) is 0 Å². The molecule has 2 aliphatic carbocycles. The summed E-state index contributed by atoms with van der Waals surface area (Å²) in [6, 6.07) is 7.92. The molecular formula is C22H32N2O3. The SMILES string of the molecule is CC(C)Oc1ccccc1NC(=O)C1CCC(C(=O)NC2CCCC2)CC1. The average Bonchev–Trinajstić information content (AvgIpc) is 3.16. The molecule has 2 amide bonds. The second-order valence-electron chi connectivity index (χ2n) is 8.19. The molecule has 0 saturated heterocycles. The highest BCUT2D eigenvalue weighted by atomic mass is 16.5. The van der Waals surface area contributed by atoms with Crippen molar-refractivity contribution in [1.82, 2.24) is 5.32 Å². The molecular weight excluding hydrogens is 340 g/mol. The van der Waals surface area contributed by atoms with Crippen molar-refractivity contribution in [1.29, 1.82) is 0 Å². The molecule has 148 valence electrons. The quantitative estimate of drug-likeness (QED) is 0.783. The van der Waals surface area contributed by atoms with Crippen molar-refractivity contribution >= 4 is 17.5 Å². The van der Waals surface area contributed by atoms with E-state index < -0.39 is 0 Å². The van der Waals surface area contributed by atoms with E-state index in [1.165, 1.54) is 12.8 Å². The monoisotopic (exact) mass is 372 g/mol. The first-order chi connectivity index (χ1) is 13.0. The van der Waals surface area contributed by atoms with Gasteiger partial charge in [-0.15, -0.1) is 0 Å². The lowest BCUT2D eigenvalue weighted by atomic mass is 9.81. The van der Waals surface area contributed by atoms with E-state index in [0.29, 0.717) is 11.8 Å². The number of anilines is 1. The summed E-state index contributed by atoms with van der Waals surface area (Å²) in [6.45, 7) is 3.94. The van der Waals surface area contributed by atoms with Crippen LogP contribution in [-0.4, -0.2) is 24.0 Å². The normalized spacial score (nSPS) is 23.2. The highest BCUT2D eigenvalue weighted by molar-refractivity contribution is 5.94. The molecule has 5 nitrogen and oxygen atoms in total. The van der Waals surface area contributed by atoms with E-state index >= 15 is 0 Å². The standard InChI is InChI=1S/C22H32N2O3/c1-15(2)27-20-10-6-5-9-19(20)24-22(26)17-13-11-16(12-14-17)21(25)23-18-7-3-4-8-18/h5-6,9-10,15-18H,3-4,7-8,11-14H2,1-2H3,(H,23,25)(H,24,26). The zero-order chi connectivity index (χ0) is 19.2. The predicted molar refractivity (Wildman–Crippen MR) is 107 cm³/mol. The molecule has 2 aliphatic rings. The smallest absolute Gasteiger partial charge is 0.227 e. The summed E-state index contributed by atoms with van der Waals surface area (Å²) in [5.74, 6) is 0.949. The fraction of sp³-hybridized carbons (Fsp3) is 0.636. The van der Waals surface area contributed by atoms with Gasteiger partial charge in [-0.05, 0) is 64.5 Å². The van der Waals surface area contributed by atoms with Crippen molar-refractivity contribution in [3.8, 4) is 5.75 Å². The Hall–Kier alpha value is -2.04. The predicted octanol–water partition coefficient (Wildman–Crippen LogP) is 4.28. The Bertz CT molecular complexity index is 645. The Morgan fingerprint density at radius 1 is 0.926 bits per heavy atom. The van der Waals surface area contributed by atoms with Crippen LogP contribution in [0.25, 0.3) is 0 Å². The molecule has 0 heterocycles. The molecule has 0 bridgehead atoms. The molecule has 0 aliphatic heterocycles. The lowest BCUT2D eigenvalue weighted by Gasteiger charge is -2.28. The van der Waals surface area contributed by atoms with Crippen LogP contribution in [0, 0.1) is 11.8 Å². The molecule has 0 unspecified atom stereocenters. The maximum absolute atomic E-state index is 12.7. The van der Waals surface area contributed by atoms with Crippen molar-refractivity contribution in [2.45, 2.75) is 77.4 Å². The average molecular weight is 373 g/mol. The van der Waals surface area contributed by atoms with Crippen molar-refractivity contribution < 1.29 is 14.3 Å². The Morgan fingerprint density at radius 3 is 2.15 bits per heavy atom. The summed E-state index contributed by atoms with van der Waals surface area (Å²) < 4.78 is 5.78. The minimum Gasteiger partial charge on any atom is -0.489 e. The molecule has 1 aromatic rings. The highest BCUT2D eigenvalue weighted by Crippen LogP contribution is 2.32. The molecule has 5 heteroatoms. The number of nitrogens with one attached hydrogen (secondary N) is 2. The van der Waals surface area contributed by atoms with E-state index in [4.69, 9.17) is 4.74 Å². The van der Waals surface area contributed by atoms with Gasteiger partial charge in [0.15, 0.2) is 0 Å². The van der Waals surface area contributed by atoms with Gasteiger partial charge >= 0.3 is 0 Å². The Kier molecular flexibility index (Phi) is 6.75. The van der Waals surface area contributed by atoms with Gasteiger partial charge in [0, 0.05) is 17.9 Å². The third kappa shape index (κ3) is 5.47. The molecule has 0 spiro atoms. The van der Waals surface area contributed by atoms with Crippen LogP contribution in [0.5, 0.6) is 5.75 Å². The number of hydrogen-bond donors (Lipinski definition) is 2. The molecule has 1 aromatic carbocycles. The summed E-state index contributed by atoms with van der Waals surface area (Å²) >= 11 is 0. The summed E-state index contributed by atoms with van der Waals surface area (Å²) in [5, 5.41) is 6.23. The van der Waals surface area contributed by atoms with Crippen LogP contribution in [0.1, 0.15) is 65.2 Å². The van der Waals surface area contributed by atoms with Crippen LogP contribution in [0.4, 0.5) is 5.69 Å². The van der Waals surface area contributed by atoms with E-state index in [1.54, 1.807) is 0 Å². The molecule has 0 radical (unpaired) electrons. The Balaban J connectivity index is 1.49. The largest absolute Gasteiger partial charge is 0.489 e. The van der Waals surface area contributed by atoms with Gasteiger partial charge in [-0.25, -0.2) is 0 Å². The molecule has 3 rings (SSSR count). The molecule has 0 atom stereocenters. The van der Waals surface area contributed by atoms with Crippen LogP contribution < -0.4 is 15.4 Å². The molecule has 2 N–H and O–H groups in total. The molecule has 2 fully saturated rings. The summed E-state index contributed by atoms with van der Waals surface area (Å²) in [4.78, 5) is 25.1. The van der Waals surface area contributed by atoms with E-state index in [0.717, 1.165) is 44.2 Å². The molecule has 0 aromatic heterocycles. The van der Waals surface area contributed by atoms with Crippen molar-refractivity contribution in [3.63, 3.8) is 0 Å². The Morgan fingerprint density at radius 2 is 1.52 bits per heavy atom. The van der Waals surface area contributed by atoms with Crippen molar-refractivity contribution in [2.75, 3.05) is 5.32 Å². The molecule has 27 heavy (non-hydrogen) atoms. The fourth-order valence-electron chi connectivity index (χ4n) is 4.17. The van der Waals surface area contributed by atoms with Crippen LogP contribution in [0.15, 0.2) is 24.3 Å². The van der Waals surface area contributed by atoms with E-state index in [-0.39, 0.29) is 29.8 Å². The van der Waals surface area contributed by atoms with Crippen LogP contribution >= 0.6 is 0 Å². The highest BCUT2D eigenvalue weighted by Gasteiger charge is 2.31. The number of ether oxygens (including phenoxy) is 1. The van der Waals surface area contributed by atoms with E-state index in [1.807, 2.05) is 38.1 Å². The number of benzene rings is 1. The minimum absolute atomic E-state index is 0.0319. The fourth-order valence-corrected chi connectivity index (χ4v) is 4.17. The number of amides is 2. The van der Waals surface area contributed by atoms with Gasteiger partial charge in [0.25, 0.3) is 0 Å². The lowest BCUT2D eigenvalue weighted by molar-refractivity contribution is -0.129. The summed E-state index contributed by atoms with van der Waals surface area (Å²) in [6.07, 6.45) is 7.84. The van der Waals surface area contributed by atoms with Gasteiger partial charge in [0.2, 0.25) is 11.8 Å². The first kappa shape index (κ1) is 19.7. The van der Waals surface area contributed by atoms with E-state index in [9.17, 15) is 9.59 Å². The second-order valence-corrected chi connectivity index (χ2v) is 8.19. The van der Waals surface area contributed by atoms with Crippen molar-refractivity contribution in [2.24, 2.45) is 11.8 Å². The minimum atomic E-state index is -0.0346. The number of para-hydroxylation sites is 2. The van der Waals surface area contributed by atoms with Crippen LogP contribution in [-0.2, 0) is 9.59 Å². The maximum atomic E-state index is 12.7. The number of carbonyl (C=O) groups excluding carboxylic acids is 2. The Labute approximate surface area is 162 Å². The number of rotatable bonds is 6. The third-order valence-corrected chi connectivity index (χ3v) is 5.68. The zero-order valence-corrected chi connectivity index (χ0v) is 16.5. The van der Waals surface area contributed by atoms with Gasteiger partial charge in [0.05, 0.1) is 11.8 Å². The first-order valence-electron chi connectivity index (χ1n) is 10.4. The lowest BCUT2D eigenvalue weighted by Crippen LogP contribution is -2.39. The summed E-state index contributed by atoms with van der Waals surface area (Å²) in [7, 11) is 0. The zero-order valence-electron chi connectivity index (χ0n) is 16.5. The van der Waals surface area contributed by atoms with Crippen LogP contribution in [0.2, 0.25) is 0 Å². The van der Waals surface area contributed by atoms with Gasteiger partial charge in [-0.1, -0.05) is 25.0 Å². The van der Waals surface area contributed by atoms with Crippen LogP contribution in [0.3, 0.4) is 0 Å². The topological polar surface area (TPSA) is 67.4 Å². The second kappa shape index (κ2) is 9.25. The molecule has 2 saturated carbocycles. The third-order valence-electron chi connectivity index (χ3n) is 5.68.